The largest absolute Gasteiger partial charge is 0.341 e. The van der Waals surface area contributed by atoms with E-state index in [1.54, 1.807) is 0 Å². The lowest BCUT2D eigenvalue weighted by Gasteiger charge is -1.97. The van der Waals surface area contributed by atoms with Crippen molar-refractivity contribution in [3.63, 3.8) is 0 Å². The molecule has 3 nitrogen and oxygen atoms in total. The summed E-state index contributed by atoms with van der Waals surface area (Å²) in [5.41, 5.74) is 0. The van der Waals surface area contributed by atoms with Gasteiger partial charge in [0.25, 0.3) is 0 Å². The molecule has 0 saturated carbocycles. The molecule has 0 saturated heterocycles. The van der Waals surface area contributed by atoms with Crippen LogP contribution in [0.25, 0.3) is 10.8 Å². The Kier molecular flexibility index (Phi) is 2.00. The fourth-order valence-electron chi connectivity index (χ4n) is 1.37. The highest BCUT2D eigenvalue weighted by Crippen LogP contribution is 2.13. The molecule has 1 aromatic carbocycles. The molecular formula is C10H10N2O. The van der Waals surface area contributed by atoms with Gasteiger partial charge in [0.1, 0.15) is 0 Å². The molecule has 1 N–H and O–H groups in total. The van der Waals surface area contributed by atoms with Gasteiger partial charge in [-0.25, -0.2) is 0 Å². The van der Waals surface area contributed by atoms with E-state index < -0.39 is 0 Å². The van der Waals surface area contributed by atoms with Crippen LogP contribution in [0.2, 0.25) is 0 Å². The molecule has 1 amide bonds. The van der Waals surface area contributed by atoms with E-state index in [9.17, 15) is 4.79 Å². The number of aromatic nitrogens is 1. The first-order valence-electron chi connectivity index (χ1n) is 4.12. The summed E-state index contributed by atoms with van der Waals surface area (Å²) in [5, 5.41) is 4.99. The standard InChI is InChI=1S/C10H10N2O/c13-8-11-7-12-5-9-3-1-2-4-10(9)6-12/h1-6,8H,7H2,(H,11,13). The smallest absolute Gasteiger partial charge is 0.208 e. The number of fused-ring (bicyclic) bond motifs is 1. The predicted octanol–water partition coefficient (Wildman–Crippen LogP) is 1.34. The Morgan fingerprint density at radius 2 is 1.85 bits per heavy atom. The SMILES string of the molecule is O=CNCn1cc2ccccc2c1. The first kappa shape index (κ1) is 7.86. The molecule has 0 aliphatic heterocycles. The highest BCUT2D eigenvalue weighted by Gasteiger charge is 1.95. The van der Waals surface area contributed by atoms with E-state index in [1.165, 1.54) is 10.8 Å². The summed E-state index contributed by atoms with van der Waals surface area (Å²) in [7, 11) is 0. The van der Waals surface area contributed by atoms with Crippen molar-refractivity contribution in [1.82, 2.24) is 9.88 Å². The van der Waals surface area contributed by atoms with Crippen LogP contribution in [0.4, 0.5) is 0 Å². The number of rotatable bonds is 3. The van der Waals surface area contributed by atoms with Crippen LogP contribution in [0, 0.1) is 0 Å². The number of nitrogens with zero attached hydrogens (tertiary/aromatic N) is 1. The number of hydrogen-bond donors (Lipinski definition) is 1. The van der Waals surface area contributed by atoms with Gasteiger partial charge in [0.15, 0.2) is 0 Å². The second-order valence-corrected chi connectivity index (χ2v) is 2.88. The molecule has 2 rings (SSSR count). The normalized spacial score (nSPS) is 10.2. The zero-order chi connectivity index (χ0) is 9.10. The van der Waals surface area contributed by atoms with Gasteiger partial charge >= 0.3 is 0 Å². The third-order valence-corrected chi connectivity index (χ3v) is 1.96. The van der Waals surface area contributed by atoms with Crippen LogP contribution in [0.15, 0.2) is 36.7 Å². The molecule has 0 atom stereocenters. The zero-order valence-corrected chi connectivity index (χ0v) is 7.10. The number of nitrogens with one attached hydrogen (secondary N) is 1. The van der Waals surface area contributed by atoms with Gasteiger partial charge < -0.3 is 9.88 Å². The predicted molar refractivity (Wildman–Crippen MR) is 51.1 cm³/mol. The van der Waals surface area contributed by atoms with E-state index in [2.05, 4.69) is 5.32 Å². The number of amides is 1. The van der Waals surface area contributed by atoms with E-state index in [4.69, 9.17) is 0 Å². The molecule has 13 heavy (non-hydrogen) atoms. The lowest BCUT2D eigenvalue weighted by molar-refractivity contribution is -0.109. The van der Waals surface area contributed by atoms with Crippen molar-refractivity contribution in [3.8, 4) is 0 Å². The van der Waals surface area contributed by atoms with E-state index in [0.717, 1.165) is 0 Å². The Bertz CT molecular complexity index is 387. The third kappa shape index (κ3) is 1.54. The maximum absolute atomic E-state index is 10.1. The van der Waals surface area contributed by atoms with E-state index >= 15 is 0 Å². The molecule has 0 fully saturated rings. The molecule has 0 radical (unpaired) electrons. The van der Waals surface area contributed by atoms with Crippen molar-refractivity contribution < 1.29 is 4.79 Å². The highest BCUT2D eigenvalue weighted by molar-refractivity contribution is 5.82. The van der Waals surface area contributed by atoms with Gasteiger partial charge in [-0.3, -0.25) is 4.79 Å². The fourth-order valence-corrected chi connectivity index (χ4v) is 1.37. The average Bonchev–Trinajstić information content (AvgIpc) is 2.57. The van der Waals surface area contributed by atoms with Crippen LogP contribution in [0.1, 0.15) is 0 Å². The average molecular weight is 174 g/mol. The molecular weight excluding hydrogens is 164 g/mol. The van der Waals surface area contributed by atoms with Crippen LogP contribution < -0.4 is 5.32 Å². The van der Waals surface area contributed by atoms with E-state index in [0.29, 0.717) is 13.1 Å². The van der Waals surface area contributed by atoms with Crippen LogP contribution >= 0.6 is 0 Å². The van der Waals surface area contributed by atoms with Crippen LogP contribution in [0.5, 0.6) is 0 Å². The Balaban J connectivity index is 2.32. The summed E-state index contributed by atoms with van der Waals surface area (Å²) in [4.78, 5) is 10.1. The van der Waals surface area contributed by atoms with Crippen LogP contribution in [-0.2, 0) is 11.5 Å². The second-order valence-electron chi connectivity index (χ2n) is 2.88. The van der Waals surface area contributed by atoms with Crippen molar-refractivity contribution in [3.05, 3.63) is 36.7 Å². The third-order valence-electron chi connectivity index (χ3n) is 1.96. The first-order valence-corrected chi connectivity index (χ1v) is 4.12. The molecule has 2 aromatic rings. The van der Waals surface area contributed by atoms with E-state index in [1.807, 2.05) is 41.2 Å². The van der Waals surface area contributed by atoms with Gasteiger partial charge in [-0.2, -0.15) is 0 Å². The Labute approximate surface area is 76.0 Å². The lowest BCUT2D eigenvalue weighted by Crippen LogP contribution is -2.14. The summed E-state index contributed by atoms with van der Waals surface area (Å²) in [6.07, 6.45) is 4.71. The minimum absolute atomic E-state index is 0.526. The molecule has 0 aliphatic rings. The summed E-state index contributed by atoms with van der Waals surface area (Å²) >= 11 is 0. The highest BCUT2D eigenvalue weighted by atomic mass is 16.1. The van der Waals surface area contributed by atoms with Gasteiger partial charge in [0.2, 0.25) is 6.41 Å². The Morgan fingerprint density at radius 1 is 1.23 bits per heavy atom. The van der Waals surface area contributed by atoms with Crippen molar-refractivity contribution in [2.45, 2.75) is 6.67 Å². The number of carbonyl (C=O) groups is 1. The van der Waals surface area contributed by atoms with Crippen molar-refractivity contribution in [1.29, 1.82) is 0 Å². The maximum Gasteiger partial charge on any atom is 0.208 e. The van der Waals surface area contributed by atoms with Crippen molar-refractivity contribution in [2.75, 3.05) is 0 Å². The summed E-state index contributed by atoms with van der Waals surface area (Å²) < 4.78 is 1.94. The fraction of sp³-hybridized carbons (Fsp3) is 0.100. The minimum Gasteiger partial charge on any atom is -0.341 e. The van der Waals surface area contributed by atoms with Crippen LogP contribution in [0.3, 0.4) is 0 Å². The monoisotopic (exact) mass is 174 g/mol. The quantitative estimate of drug-likeness (QED) is 0.700. The minimum atomic E-state index is 0.526. The van der Waals surface area contributed by atoms with Crippen LogP contribution in [-0.4, -0.2) is 11.0 Å². The first-order chi connectivity index (χ1) is 6.40. The summed E-state index contributed by atoms with van der Waals surface area (Å²) in [5.74, 6) is 0. The molecule has 66 valence electrons. The molecule has 0 bridgehead atoms. The number of benzene rings is 1. The topological polar surface area (TPSA) is 34.0 Å². The van der Waals surface area contributed by atoms with Gasteiger partial charge in [-0.1, -0.05) is 24.3 Å². The van der Waals surface area contributed by atoms with Crippen molar-refractivity contribution >= 4 is 17.2 Å². The number of hydrogen-bond acceptors (Lipinski definition) is 1. The van der Waals surface area contributed by atoms with Crippen molar-refractivity contribution in [2.24, 2.45) is 0 Å². The molecule has 3 heteroatoms. The molecule has 1 aromatic heterocycles. The summed E-state index contributed by atoms with van der Waals surface area (Å²) in [6.45, 7) is 0.526. The van der Waals surface area contributed by atoms with E-state index in [-0.39, 0.29) is 0 Å². The zero-order valence-electron chi connectivity index (χ0n) is 7.10. The molecule has 1 heterocycles. The molecule has 0 unspecified atom stereocenters. The Hall–Kier alpha value is -1.77. The van der Waals surface area contributed by atoms with Gasteiger partial charge in [-0.15, -0.1) is 0 Å². The van der Waals surface area contributed by atoms with Gasteiger partial charge in [-0.05, 0) is 10.8 Å². The van der Waals surface area contributed by atoms with Gasteiger partial charge in [0, 0.05) is 12.4 Å². The number of carbonyl (C=O) groups excluding carboxylic acids is 1. The Morgan fingerprint density at radius 3 is 2.38 bits per heavy atom. The summed E-state index contributed by atoms with van der Waals surface area (Å²) in [6, 6.07) is 8.10. The molecule has 0 aliphatic carbocycles. The lowest BCUT2D eigenvalue weighted by atomic mass is 10.2. The van der Waals surface area contributed by atoms with Gasteiger partial charge in [0.05, 0.1) is 6.67 Å². The maximum atomic E-state index is 10.1. The second kappa shape index (κ2) is 3.31. The molecule has 0 spiro atoms.